The van der Waals surface area contributed by atoms with Crippen molar-refractivity contribution in [3.05, 3.63) is 81.5 Å². The van der Waals surface area contributed by atoms with Crippen LogP contribution in [-0.4, -0.2) is 13.0 Å². The van der Waals surface area contributed by atoms with Gasteiger partial charge in [-0.05, 0) is 59.0 Å². The van der Waals surface area contributed by atoms with Crippen molar-refractivity contribution in [1.29, 1.82) is 0 Å². The summed E-state index contributed by atoms with van der Waals surface area (Å²) in [5.41, 5.74) is 3.27. The Kier molecular flexibility index (Phi) is 5.63. The third kappa shape index (κ3) is 4.37. The first-order chi connectivity index (χ1) is 13.7. The summed E-state index contributed by atoms with van der Waals surface area (Å²) in [6, 6.07) is 17.9. The van der Waals surface area contributed by atoms with Gasteiger partial charge < -0.3 is 14.8 Å². The number of ether oxygens (including phenoxy) is 2. The van der Waals surface area contributed by atoms with Gasteiger partial charge in [0, 0.05) is 6.54 Å². The van der Waals surface area contributed by atoms with Crippen molar-refractivity contribution in [3.63, 3.8) is 0 Å². The Hall–Kier alpha value is -2.79. The highest BCUT2D eigenvalue weighted by atomic mass is 32.1. The molecule has 1 aromatic heterocycles. The minimum atomic E-state index is 0.000251. The van der Waals surface area contributed by atoms with Crippen molar-refractivity contribution in [2.45, 2.75) is 31.9 Å². The van der Waals surface area contributed by atoms with Crippen molar-refractivity contribution in [2.24, 2.45) is 0 Å². The summed E-state index contributed by atoms with van der Waals surface area (Å²) in [5, 5.41) is 5.03. The normalized spacial score (nSPS) is 13.2. The average molecular weight is 394 g/mol. The number of methoxy groups -OCH3 is 1. The minimum Gasteiger partial charge on any atom is -0.493 e. The van der Waals surface area contributed by atoms with E-state index in [-0.39, 0.29) is 5.91 Å². The predicted octanol–water partition coefficient (Wildman–Crippen LogP) is 5.14. The lowest BCUT2D eigenvalue weighted by atomic mass is 10.1. The van der Waals surface area contributed by atoms with Gasteiger partial charge in [0.05, 0.1) is 12.0 Å². The summed E-state index contributed by atoms with van der Waals surface area (Å²) >= 11 is 1.52. The zero-order chi connectivity index (χ0) is 19.3. The van der Waals surface area contributed by atoms with Gasteiger partial charge in [-0.3, -0.25) is 4.79 Å². The molecule has 1 amide bonds. The standard InChI is InChI=1S/C23H23NO3S/c1-26-21-13-17(7-10-20(21)27-15-16-5-3-2-4-6-16)14-24-23(25)22-19(11-12-28-22)18-8-9-18/h2-7,10-13,18H,8-9,14-15H2,1H3,(H,24,25). The second kappa shape index (κ2) is 8.48. The molecule has 1 fully saturated rings. The number of nitrogens with one attached hydrogen (secondary N) is 1. The Morgan fingerprint density at radius 1 is 1.07 bits per heavy atom. The fourth-order valence-electron chi connectivity index (χ4n) is 3.16. The van der Waals surface area contributed by atoms with E-state index in [4.69, 9.17) is 9.47 Å². The number of rotatable bonds is 8. The van der Waals surface area contributed by atoms with Crippen LogP contribution >= 0.6 is 11.3 Å². The highest BCUT2D eigenvalue weighted by Gasteiger charge is 2.28. The van der Waals surface area contributed by atoms with Gasteiger partial charge in [0.25, 0.3) is 5.91 Å². The molecule has 1 saturated carbocycles. The van der Waals surface area contributed by atoms with E-state index in [1.165, 1.54) is 29.7 Å². The Labute approximate surface area is 169 Å². The van der Waals surface area contributed by atoms with Crippen molar-refractivity contribution in [1.82, 2.24) is 5.32 Å². The predicted molar refractivity (Wildman–Crippen MR) is 111 cm³/mol. The van der Waals surface area contributed by atoms with E-state index in [2.05, 4.69) is 11.4 Å². The van der Waals surface area contributed by atoms with Crippen molar-refractivity contribution in [3.8, 4) is 11.5 Å². The smallest absolute Gasteiger partial charge is 0.261 e. The molecule has 0 unspecified atom stereocenters. The van der Waals surface area contributed by atoms with Gasteiger partial charge >= 0.3 is 0 Å². The molecule has 0 saturated heterocycles. The topological polar surface area (TPSA) is 47.6 Å². The molecule has 0 radical (unpaired) electrons. The first-order valence-electron chi connectivity index (χ1n) is 9.44. The fraction of sp³-hybridized carbons (Fsp3) is 0.261. The van der Waals surface area contributed by atoms with E-state index in [0.717, 1.165) is 16.0 Å². The van der Waals surface area contributed by atoms with Gasteiger partial charge in [-0.25, -0.2) is 0 Å². The van der Waals surface area contributed by atoms with Crippen LogP contribution in [0.3, 0.4) is 0 Å². The van der Waals surface area contributed by atoms with Crippen LogP contribution in [0.2, 0.25) is 0 Å². The maximum absolute atomic E-state index is 12.6. The number of benzene rings is 2. The van der Waals surface area contributed by atoms with Crippen molar-refractivity contribution in [2.75, 3.05) is 7.11 Å². The van der Waals surface area contributed by atoms with E-state index < -0.39 is 0 Å². The molecule has 5 heteroatoms. The lowest BCUT2D eigenvalue weighted by molar-refractivity contribution is 0.0954. The van der Waals surface area contributed by atoms with Crippen LogP contribution in [-0.2, 0) is 13.2 Å². The van der Waals surface area contributed by atoms with E-state index in [1.54, 1.807) is 7.11 Å². The van der Waals surface area contributed by atoms with Crippen LogP contribution in [0.25, 0.3) is 0 Å². The molecule has 3 aromatic rings. The summed E-state index contributed by atoms with van der Waals surface area (Å²) in [4.78, 5) is 13.4. The molecule has 1 N–H and O–H groups in total. The fourth-order valence-corrected chi connectivity index (χ4v) is 4.06. The van der Waals surface area contributed by atoms with Crippen LogP contribution in [0, 0.1) is 0 Å². The summed E-state index contributed by atoms with van der Waals surface area (Å²) in [6.07, 6.45) is 2.39. The Balaban J connectivity index is 1.38. The largest absolute Gasteiger partial charge is 0.493 e. The monoisotopic (exact) mass is 393 g/mol. The average Bonchev–Trinajstić information content (AvgIpc) is 3.47. The first kappa shape index (κ1) is 18.6. The molecule has 0 spiro atoms. The third-order valence-electron chi connectivity index (χ3n) is 4.84. The molecule has 4 nitrogen and oxygen atoms in total. The molecular formula is C23H23NO3S. The lowest BCUT2D eigenvalue weighted by Crippen LogP contribution is -2.22. The van der Waals surface area contributed by atoms with Crippen LogP contribution in [0.4, 0.5) is 0 Å². The van der Waals surface area contributed by atoms with Crippen molar-refractivity contribution >= 4 is 17.2 Å². The van der Waals surface area contributed by atoms with E-state index in [0.29, 0.717) is 30.6 Å². The molecular weight excluding hydrogens is 370 g/mol. The Bertz CT molecular complexity index is 947. The van der Waals surface area contributed by atoms with Gasteiger partial charge in [-0.15, -0.1) is 11.3 Å². The summed E-state index contributed by atoms with van der Waals surface area (Å²) < 4.78 is 11.4. The molecule has 0 aliphatic heterocycles. The quantitative estimate of drug-likeness (QED) is 0.576. The van der Waals surface area contributed by atoms with E-state index in [1.807, 2.05) is 53.9 Å². The van der Waals surface area contributed by atoms with Crippen LogP contribution in [0.5, 0.6) is 11.5 Å². The Morgan fingerprint density at radius 2 is 1.89 bits per heavy atom. The summed E-state index contributed by atoms with van der Waals surface area (Å²) in [6.45, 7) is 0.936. The number of carbonyl (C=O) groups is 1. The first-order valence-corrected chi connectivity index (χ1v) is 10.3. The number of amides is 1. The van der Waals surface area contributed by atoms with E-state index >= 15 is 0 Å². The number of hydrogen-bond donors (Lipinski definition) is 1. The highest BCUT2D eigenvalue weighted by molar-refractivity contribution is 7.12. The van der Waals surface area contributed by atoms with Crippen LogP contribution in [0.1, 0.15) is 45.1 Å². The minimum absolute atomic E-state index is 0.000251. The summed E-state index contributed by atoms with van der Waals surface area (Å²) in [7, 11) is 1.63. The van der Waals surface area contributed by atoms with Crippen molar-refractivity contribution < 1.29 is 14.3 Å². The molecule has 1 aliphatic rings. The molecule has 144 valence electrons. The van der Waals surface area contributed by atoms with Gasteiger partial charge in [0.15, 0.2) is 11.5 Å². The maximum atomic E-state index is 12.6. The molecule has 0 atom stereocenters. The molecule has 4 rings (SSSR count). The van der Waals surface area contributed by atoms with Gasteiger partial charge in [-0.2, -0.15) is 0 Å². The summed E-state index contributed by atoms with van der Waals surface area (Å²) in [5.74, 6) is 1.93. The maximum Gasteiger partial charge on any atom is 0.261 e. The Morgan fingerprint density at radius 3 is 2.64 bits per heavy atom. The molecule has 28 heavy (non-hydrogen) atoms. The zero-order valence-corrected chi connectivity index (χ0v) is 16.6. The molecule has 0 bridgehead atoms. The third-order valence-corrected chi connectivity index (χ3v) is 5.77. The van der Waals surface area contributed by atoms with E-state index in [9.17, 15) is 4.79 Å². The van der Waals surface area contributed by atoms with Gasteiger partial charge in [0.2, 0.25) is 0 Å². The molecule has 2 aromatic carbocycles. The number of thiophene rings is 1. The zero-order valence-electron chi connectivity index (χ0n) is 15.8. The van der Waals surface area contributed by atoms with Crippen LogP contribution < -0.4 is 14.8 Å². The molecule has 1 aliphatic carbocycles. The second-order valence-electron chi connectivity index (χ2n) is 6.92. The van der Waals surface area contributed by atoms with Gasteiger partial charge in [-0.1, -0.05) is 36.4 Å². The SMILES string of the molecule is COc1cc(CNC(=O)c2sccc2C2CC2)ccc1OCc1ccccc1. The number of hydrogen-bond acceptors (Lipinski definition) is 4. The number of carbonyl (C=O) groups excluding carboxylic acids is 1. The van der Waals surface area contributed by atoms with Gasteiger partial charge in [0.1, 0.15) is 6.61 Å². The van der Waals surface area contributed by atoms with Crippen LogP contribution in [0.15, 0.2) is 60.0 Å². The lowest BCUT2D eigenvalue weighted by Gasteiger charge is -2.13. The highest BCUT2D eigenvalue weighted by Crippen LogP contribution is 2.43. The second-order valence-corrected chi connectivity index (χ2v) is 7.84. The molecule has 1 heterocycles.